The Morgan fingerprint density at radius 3 is 2.71 bits per heavy atom. The molecule has 2 rings (SSSR count). The van der Waals surface area contributed by atoms with Gasteiger partial charge in [0.25, 0.3) is 0 Å². The topological polar surface area (TPSA) is 20.3 Å². The van der Waals surface area contributed by atoms with Crippen LogP contribution in [0.5, 0.6) is 0 Å². The molecule has 0 spiro atoms. The number of rotatable bonds is 2. The van der Waals surface area contributed by atoms with Crippen LogP contribution in [0.2, 0.25) is 10.0 Å². The molecular weight excluding hydrogens is 264 g/mol. The van der Waals surface area contributed by atoms with E-state index in [9.17, 15) is 9.18 Å². The van der Waals surface area contributed by atoms with Crippen LogP contribution in [0, 0.1) is 11.7 Å². The predicted molar refractivity (Wildman–Crippen MR) is 67.1 cm³/mol. The summed E-state index contributed by atoms with van der Waals surface area (Å²) in [6.07, 6.45) is 2.03. The molecule has 1 aliphatic heterocycles. The zero-order valence-electron chi connectivity index (χ0n) is 8.92. The Morgan fingerprint density at radius 2 is 2.18 bits per heavy atom. The fourth-order valence-corrected chi connectivity index (χ4v) is 2.47. The number of carbonyl (C=O) groups excluding carboxylic acids is 1. The molecule has 0 aromatic heterocycles. The van der Waals surface area contributed by atoms with E-state index < -0.39 is 5.82 Å². The number of hydrogen-bond donors (Lipinski definition) is 0. The minimum Gasteiger partial charge on any atom is -0.308 e. The SMILES string of the molecule is C=CC1CC(=O)N(c2c(F)cc(Cl)cc2Cl)C1. The quantitative estimate of drug-likeness (QED) is 0.753. The summed E-state index contributed by atoms with van der Waals surface area (Å²) in [6.45, 7) is 4.04. The van der Waals surface area contributed by atoms with Crippen LogP contribution < -0.4 is 4.90 Å². The van der Waals surface area contributed by atoms with E-state index in [0.29, 0.717) is 13.0 Å². The van der Waals surface area contributed by atoms with Gasteiger partial charge in [-0.05, 0) is 12.1 Å². The summed E-state index contributed by atoms with van der Waals surface area (Å²) >= 11 is 11.6. The van der Waals surface area contributed by atoms with Crippen molar-refractivity contribution in [1.29, 1.82) is 0 Å². The van der Waals surface area contributed by atoms with E-state index in [0.717, 1.165) is 6.07 Å². The van der Waals surface area contributed by atoms with E-state index in [1.807, 2.05) is 0 Å². The number of benzene rings is 1. The number of hydrogen-bond acceptors (Lipinski definition) is 1. The molecule has 1 atom stereocenters. The summed E-state index contributed by atoms with van der Waals surface area (Å²) in [5.74, 6) is -0.702. The lowest BCUT2D eigenvalue weighted by atomic mass is 10.1. The Bertz CT molecular complexity index is 466. The maximum Gasteiger partial charge on any atom is 0.227 e. The van der Waals surface area contributed by atoms with Crippen LogP contribution in [0.15, 0.2) is 24.8 Å². The lowest BCUT2D eigenvalue weighted by molar-refractivity contribution is -0.117. The predicted octanol–water partition coefficient (Wildman–Crippen LogP) is 3.67. The van der Waals surface area contributed by atoms with E-state index in [4.69, 9.17) is 23.2 Å². The summed E-state index contributed by atoms with van der Waals surface area (Å²) < 4.78 is 13.8. The number of carbonyl (C=O) groups is 1. The molecule has 0 N–H and O–H groups in total. The first-order valence-corrected chi connectivity index (χ1v) is 5.86. The summed E-state index contributed by atoms with van der Waals surface area (Å²) in [6, 6.07) is 2.58. The lowest BCUT2D eigenvalue weighted by Gasteiger charge is -2.18. The fraction of sp³-hybridized carbons (Fsp3) is 0.250. The van der Waals surface area contributed by atoms with Crippen molar-refractivity contribution in [2.75, 3.05) is 11.4 Å². The van der Waals surface area contributed by atoms with Crippen LogP contribution in [0.25, 0.3) is 0 Å². The molecule has 90 valence electrons. The molecule has 0 aliphatic carbocycles. The minimum atomic E-state index is -0.583. The average molecular weight is 274 g/mol. The Morgan fingerprint density at radius 1 is 1.47 bits per heavy atom. The van der Waals surface area contributed by atoms with Gasteiger partial charge in [-0.15, -0.1) is 6.58 Å². The first-order valence-electron chi connectivity index (χ1n) is 5.10. The molecule has 1 fully saturated rings. The molecule has 0 bridgehead atoms. The molecule has 1 aromatic rings. The summed E-state index contributed by atoms with van der Waals surface area (Å²) in [7, 11) is 0. The fourth-order valence-electron chi connectivity index (χ4n) is 1.90. The van der Waals surface area contributed by atoms with Crippen LogP contribution >= 0.6 is 23.2 Å². The zero-order valence-corrected chi connectivity index (χ0v) is 10.4. The Hall–Kier alpha value is -1.06. The van der Waals surface area contributed by atoms with Crippen LogP contribution in [0.1, 0.15) is 6.42 Å². The second-order valence-electron chi connectivity index (χ2n) is 3.92. The smallest absolute Gasteiger partial charge is 0.227 e. The Kier molecular flexibility index (Phi) is 3.40. The molecule has 1 unspecified atom stereocenters. The Balaban J connectivity index is 2.41. The molecule has 1 aromatic carbocycles. The Labute approximate surface area is 109 Å². The minimum absolute atomic E-state index is 0.0358. The second kappa shape index (κ2) is 4.67. The third kappa shape index (κ3) is 2.31. The largest absolute Gasteiger partial charge is 0.308 e. The van der Waals surface area contributed by atoms with Crippen molar-refractivity contribution in [2.24, 2.45) is 5.92 Å². The van der Waals surface area contributed by atoms with Gasteiger partial charge in [0.05, 0.1) is 10.7 Å². The molecule has 0 radical (unpaired) electrons. The molecule has 1 amide bonds. The van der Waals surface area contributed by atoms with E-state index in [1.165, 1.54) is 11.0 Å². The van der Waals surface area contributed by atoms with Crippen molar-refractivity contribution in [3.63, 3.8) is 0 Å². The molecule has 2 nitrogen and oxygen atoms in total. The number of halogens is 3. The lowest BCUT2D eigenvalue weighted by Crippen LogP contribution is -2.25. The summed E-state index contributed by atoms with van der Waals surface area (Å²) in [4.78, 5) is 13.1. The van der Waals surface area contributed by atoms with Crippen molar-refractivity contribution < 1.29 is 9.18 Å². The second-order valence-corrected chi connectivity index (χ2v) is 4.77. The first-order chi connectivity index (χ1) is 8.02. The first kappa shape index (κ1) is 12.4. The molecule has 1 heterocycles. The summed E-state index contributed by atoms with van der Waals surface area (Å²) in [5.41, 5.74) is 0.102. The number of amides is 1. The summed E-state index contributed by atoms with van der Waals surface area (Å²) in [5, 5.41) is 0.358. The van der Waals surface area contributed by atoms with Crippen LogP contribution in [0.4, 0.5) is 10.1 Å². The van der Waals surface area contributed by atoms with Gasteiger partial charge in [-0.25, -0.2) is 4.39 Å². The van der Waals surface area contributed by atoms with Crippen molar-refractivity contribution in [1.82, 2.24) is 0 Å². The van der Waals surface area contributed by atoms with Crippen LogP contribution in [-0.2, 0) is 4.79 Å². The maximum atomic E-state index is 13.8. The normalized spacial score (nSPS) is 19.8. The van der Waals surface area contributed by atoms with Gasteiger partial charge in [-0.3, -0.25) is 4.79 Å². The van der Waals surface area contributed by atoms with E-state index in [1.54, 1.807) is 6.08 Å². The van der Waals surface area contributed by atoms with Crippen molar-refractivity contribution >= 4 is 34.8 Å². The molecule has 1 saturated heterocycles. The third-order valence-corrected chi connectivity index (χ3v) is 3.25. The van der Waals surface area contributed by atoms with Crippen molar-refractivity contribution in [2.45, 2.75) is 6.42 Å². The van der Waals surface area contributed by atoms with Crippen molar-refractivity contribution in [3.8, 4) is 0 Å². The molecule has 1 aliphatic rings. The van der Waals surface area contributed by atoms with Gasteiger partial charge in [0.15, 0.2) is 0 Å². The van der Waals surface area contributed by atoms with E-state index >= 15 is 0 Å². The molecular formula is C12H10Cl2FNO. The van der Waals surface area contributed by atoms with Crippen LogP contribution in [0.3, 0.4) is 0 Å². The van der Waals surface area contributed by atoms with E-state index in [-0.39, 0.29) is 27.6 Å². The highest BCUT2D eigenvalue weighted by molar-refractivity contribution is 6.36. The highest BCUT2D eigenvalue weighted by Gasteiger charge is 2.31. The number of nitrogens with zero attached hydrogens (tertiary/aromatic N) is 1. The van der Waals surface area contributed by atoms with Gasteiger partial charge in [-0.2, -0.15) is 0 Å². The highest BCUT2D eigenvalue weighted by Crippen LogP contribution is 2.35. The van der Waals surface area contributed by atoms with Crippen molar-refractivity contribution in [3.05, 3.63) is 40.7 Å². The van der Waals surface area contributed by atoms with Gasteiger partial charge < -0.3 is 4.90 Å². The number of anilines is 1. The molecule has 0 saturated carbocycles. The van der Waals surface area contributed by atoms with Gasteiger partial charge in [0.2, 0.25) is 5.91 Å². The molecule has 17 heavy (non-hydrogen) atoms. The average Bonchev–Trinajstić information content (AvgIpc) is 2.59. The maximum absolute atomic E-state index is 13.8. The van der Waals surface area contributed by atoms with Crippen LogP contribution in [-0.4, -0.2) is 12.5 Å². The monoisotopic (exact) mass is 273 g/mol. The molecule has 5 heteroatoms. The van der Waals surface area contributed by atoms with Gasteiger partial charge in [0, 0.05) is 23.9 Å². The van der Waals surface area contributed by atoms with Gasteiger partial charge in [-0.1, -0.05) is 29.3 Å². The van der Waals surface area contributed by atoms with Gasteiger partial charge in [0.1, 0.15) is 5.82 Å². The standard InChI is InChI=1S/C12H10Cl2FNO/c1-2-7-3-11(17)16(6-7)12-9(14)4-8(13)5-10(12)15/h2,4-5,7H,1,3,6H2. The highest BCUT2D eigenvalue weighted by atomic mass is 35.5. The van der Waals surface area contributed by atoms with E-state index in [2.05, 4.69) is 6.58 Å². The zero-order chi connectivity index (χ0) is 12.6. The van der Waals surface area contributed by atoms with Gasteiger partial charge >= 0.3 is 0 Å². The third-order valence-electron chi connectivity index (χ3n) is 2.74.